The Bertz CT molecular complexity index is 882. The van der Waals surface area contributed by atoms with Gasteiger partial charge in [-0.05, 0) is 44.7 Å². The number of hydrogen-bond acceptors (Lipinski definition) is 5. The van der Waals surface area contributed by atoms with Crippen LogP contribution < -0.4 is 5.32 Å². The van der Waals surface area contributed by atoms with Crippen molar-refractivity contribution in [3.05, 3.63) is 71.8 Å². The minimum atomic E-state index is -1.18. The van der Waals surface area contributed by atoms with Gasteiger partial charge in [0.05, 0.1) is 6.04 Å². The van der Waals surface area contributed by atoms with Gasteiger partial charge in [0.15, 0.2) is 0 Å². The highest BCUT2D eigenvalue weighted by Gasteiger charge is 2.40. The van der Waals surface area contributed by atoms with Crippen molar-refractivity contribution in [2.24, 2.45) is 5.92 Å². The summed E-state index contributed by atoms with van der Waals surface area (Å²) in [5, 5.41) is 13.4. The topological polar surface area (TPSA) is 88.1 Å². The van der Waals surface area contributed by atoms with Gasteiger partial charge in [-0.15, -0.1) is 0 Å². The lowest BCUT2D eigenvalue weighted by Crippen LogP contribution is -2.51. The largest absolute Gasteiger partial charge is 0.445 e. The third kappa shape index (κ3) is 6.47. The quantitative estimate of drug-likeness (QED) is 0.663. The van der Waals surface area contributed by atoms with E-state index in [1.807, 2.05) is 60.7 Å². The molecule has 1 aliphatic rings. The second-order valence-corrected chi connectivity index (χ2v) is 8.99. The van der Waals surface area contributed by atoms with Crippen LogP contribution in [0.2, 0.25) is 0 Å². The second kappa shape index (κ2) is 10.5. The number of carbonyl (C=O) groups is 2. The number of nitrogens with zero attached hydrogens (tertiary/aromatic N) is 1. The number of aliphatic hydroxyl groups is 1. The summed E-state index contributed by atoms with van der Waals surface area (Å²) in [6.45, 7) is 5.95. The molecule has 0 aromatic heterocycles. The number of likely N-dealkylation sites (tertiary alicyclic amines) is 1. The number of ether oxygens (including phenoxy) is 2. The Morgan fingerprint density at radius 3 is 2.34 bits per heavy atom. The lowest BCUT2D eigenvalue weighted by atomic mass is 9.83. The van der Waals surface area contributed by atoms with Crippen molar-refractivity contribution in [1.82, 2.24) is 10.2 Å². The summed E-state index contributed by atoms with van der Waals surface area (Å²) in [5.74, 6) is -0.414. The number of benzene rings is 2. The van der Waals surface area contributed by atoms with E-state index in [4.69, 9.17) is 9.47 Å². The number of piperidine rings is 1. The molecule has 7 nitrogen and oxygen atoms in total. The maximum atomic E-state index is 13.0. The van der Waals surface area contributed by atoms with Gasteiger partial charge in [-0.1, -0.05) is 60.7 Å². The fraction of sp³-hybridized carbons (Fsp3) is 0.440. The van der Waals surface area contributed by atoms with Crippen molar-refractivity contribution >= 4 is 12.2 Å². The predicted molar refractivity (Wildman–Crippen MR) is 121 cm³/mol. The first kappa shape index (κ1) is 23.6. The van der Waals surface area contributed by atoms with E-state index in [0.29, 0.717) is 19.4 Å². The van der Waals surface area contributed by atoms with Crippen LogP contribution in [0.5, 0.6) is 0 Å². The molecule has 2 N–H and O–H groups in total. The third-order valence-corrected chi connectivity index (χ3v) is 5.33. The van der Waals surface area contributed by atoms with E-state index in [1.165, 1.54) is 0 Å². The highest BCUT2D eigenvalue weighted by Crippen LogP contribution is 2.38. The normalized spacial score (nSPS) is 19.7. The maximum Gasteiger partial charge on any atom is 0.410 e. The summed E-state index contributed by atoms with van der Waals surface area (Å²) < 4.78 is 10.9. The standard InChI is InChI=1S/C25H32N2O5/c1-25(2,3)32-23(29)26-22(28)20-15-10-16-27(21(20)19-13-8-5-9-14-19)24(30)31-17-18-11-6-4-7-12-18/h4-9,11-14,20-22,28H,10,15-17H2,1-3H3,(H,26,29). The molecule has 3 rings (SSSR count). The predicted octanol–water partition coefficient (Wildman–Crippen LogP) is 4.62. The Kier molecular flexibility index (Phi) is 7.75. The molecule has 2 aromatic rings. The molecule has 1 fully saturated rings. The molecule has 3 unspecified atom stereocenters. The van der Waals surface area contributed by atoms with Crippen LogP contribution in [0.1, 0.15) is 50.8 Å². The Balaban J connectivity index is 1.77. The van der Waals surface area contributed by atoms with Crippen LogP contribution >= 0.6 is 0 Å². The number of alkyl carbamates (subject to hydrolysis) is 1. The van der Waals surface area contributed by atoms with E-state index in [9.17, 15) is 14.7 Å². The van der Waals surface area contributed by atoms with Gasteiger partial charge in [-0.3, -0.25) is 5.32 Å². The first-order valence-electron chi connectivity index (χ1n) is 10.9. The van der Waals surface area contributed by atoms with Gasteiger partial charge >= 0.3 is 12.2 Å². The van der Waals surface area contributed by atoms with Crippen molar-refractivity contribution in [3.63, 3.8) is 0 Å². The van der Waals surface area contributed by atoms with E-state index in [2.05, 4.69) is 5.32 Å². The summed E-state index contributed by atoms with van der Waals surface area (Å²) in [5.41, 5.74) is 1.10. The lowest BCUT2D eigenvalue weighted by molar-refractivity contribution is -0.0216. The molecule has 7 heteroatoms. The van der Waals surface area contributed by atoms with Gasteiger partial charge in [0.25, 0.3) is 0 Å². The fourth-order valence-corrected chi connectivity index (χ4v) is 3.98. The number of rotatable bonds is 5. The maximum absolute atomic E-state index is 13.0. The minimum Gasteiger partial charge on any atom is -0.445 e. The average Bonchev–Trinajstić information content (AvgIpc) is 2.77. The average molecular weight is 441 g/mol. The van der Waals surface area contributed by atoms with E-state index in [0.717, 1.165) is 11.1 Å². The Hall–Kier alpha value is -3.06. The molecule has 172 valence electrons. The number of amides is 2. The van der Waals surface area contributed by atoms with Gasteiger partial charge in [0, 0.05) is 12.5 Å². The molecule has 1 aliphatic heterocycles. The number of carbonyl (C=O) groups excluding carboxylic acids is 2. The van der Waals surface area contributed by atoms with Gasteiger partial charge < -0.3 is 19.5 Å². The van der Waals surface area contributed by atoms with Crippen LogP contribution in [0, 0.1) is 5.92 Å². The molecule has 2 aromatic carbocycles. The summed E-state index contributed by atoms with van der Waals surface area (Å²) >= 11 is 0. The Labute approximate surface area is 189 Å². The van der Waals surface area contributed by atoms with Crippen LogP contribution in [0.4, 0.5) is 9.59 Å². The summed E-state index contributed by atoms with van der Waals surface area (Å²) in [7, 11) is 0. The Morgan fingerprint density at radius 1 is 1.09 bits per heavy atom. The highest BCUT2D eigenvalue weighted by molar-refractivity contribution is 5.69. The molecular weight excluding hydrogens is 408 g/mol. The van der Waals surface area contributed by atoms with Gasteiger partial charge in [-0.2, -0.15) is 0 Å². The van der Waals surface area contributed by atoms with Gasteiger partial charge in [0.2, 0.25) is 0 Å². The first-order valence-corrected chi connectivity index (χ1v) is 10.9. The zero-order chi connectivity index (χ0) is 23.1. The molecule has 0 bridgehead atoms. The van der Waals surface area contributed by atoms with Crippen LogP contribution in [-0.4, -0.2) is 40.6 Å². The van der Waals surface area contributed by atoms with E-state index >= 15 is 0 Å². The summed E-state index contributed by atoms with van der Waals surface area (Å²) in [6.07, 6.45) is -1.00. The second-order valence-electron chi connectivity index (χ2n) is 8.99. The molecule has 0 radical (unpaired) electrons. The molecule has 1 heterocycles. The molecule has 3 atom stereocenters. The van der Waals surface area contributed by atoms with Crippen molar-refractivity contribution in [1.29, 1.82) is 0 Å². The van der Waals surface area contributed by atoms with Crippen molar-refractivity contribution in [3.8, 4) is 0 Å². The summed E-state index contributed by atoms with van der Waals surface area (Å²) in [4.78, 5) is 26.9. The van der Waals surface area contributed by atoms with Crippen LogP contribution in [0.3, 0.4) is 0 Å². The monoisotopic (exact) mass is 440 g/mol. The van der Waals surface area contributed by atoms with E-state index in [-0.39, 0.29) is 6.61 Å². The molecular formula is C25H32N2O5. The van der Waals surface area contributed by atoms with Gasteiger partial charge in [-0.25, -0.2) is 9.59 Å². The zero-order valence-electron chi connectivity index (χ0n) is 18.9. The van der Waals surface area contributed by atoms with Crippen LogP contribution in [0.25, 0.3) is 0 Å². The van der Waals surface area contributed by atoms with Crippen LogP contribution in [-0.2, 0) is 16.1 Å². The molecule has 32 heavy (non-hydrogen) atoms. The lowest BCUT2D eigenvalue weighted by Gasteiger charge is -2.42. The first-order chi connectivity index (χ1) is 15.2. The molecule has 2 amide bonds. The van der Waals surface area contributed by atoms with Crippen molar-refractivity contribution in [2.45, 2.75) is 58.1 Å². The highest BCUT2D eigenvalue weighted by atomic mass is 16.6. The van der Waals surface area contributed by atoms with Gasteiger partial charge in [0.1, 0.15) is 18.4 Å². The smallest absolute Gasteiger partial charge is 0.410 e. The number of nitrogens with one attached hydrogen (secondary N) is 1. The molecule has 1 saturated heterocycles. The molecule has 0 spiro atoms. The fourth-order valence-electron chi connectivity index (χ4n) is 3.98. The third-order valence-electron chi connectivity index (χ3n) is 5.33. The Morgan fingerprint density at radius 2 is 1.72 bits per heavy atom. The minimum absolute atomic E-state index is 0.168. The molecule has 0 saturated carbocycles. The van der Waals surface area contributed by atoms with E-state index in [1.54, 1.807) is 25.7 Å². The number of aliphatic hydroxyl groups excluding tert-OH is 1. The van der Waals surface area contributed by atoms with Crippen molar-refractivity contribution in [2.75, 3.05) is 6.54 Å². The van der Waals surface area contributed by atoms with Crippen LogP contribution in [0.15, 0.2) is 60.7 Å². The molecule has 0 aliphatic carbocycles. The zero-order valence-corrected chi connectivity index (χ0v) is 18.9. The number of hydrogen-bond donors (Lipinski definition) is 2. The van der Waals surface area contributed by atoms with Crippen molar-refractivity contribution < 1.29 is 24.2 Å². The van der Waals surface area contributed by atoms with E-state index < -0.39 is 36.0 Å². The summed E-state index contributed by atoms with van der Waals surface area (Å²) in [6, 6.07) is 18.6. The SMILES string of the molecule is CC(C)(C)OC(=O)NC(O)C1CCCN(C(=O)OCc2ccccc2)C1c1ccccc1.